The molecule has 19 heavy (non-hydrogen) atoms. The van der Waals surface area contributed by atoms with Crippen molar-refractivity contribution in [1.29, 1.82) is 0 Å². The van der Waals surface area contributed by atoms with Crippen LogP contribution >= 0.6 is 0 Å². The summed E-state index contributed by atoms with van der Waals surface area (Å²) in [6, 6.07) is 10.3. The van der Waals surface area contributed by atoms with Gasteiger partial charge in [0.05, 0.1) is 0 Å². The minimum Gasteiger partial charge on any atom is -0.345 e. The molecule has 0 bridgehead atoms. The molecule has 1 atom stereocenters. The van der Waals surface area contributed by atoms with E-state index in [4.69, 9.17) is 0 Å². The first-order chi connectivity index (χ1) is 8.91. The predicted octanol–water partition coefficient (Wildman–Crippen LogP) is 3.62. The lowest BCUT2D eigenvalue weighted by Gasteiger charge is -2.27. The summed E-state index contributed by atoms with van der Waals surface area (Å²) in [6.07, 6.45) is 0.833. The summed E-state index contributed by atoms with van der Waals surface area (Å²) in [5.74, 6) is 1.22. The molecule has 0 heterocycles. The lowest BCUT2D eigenvalue weighted by atomic mass is 9.88. The van der Waals surface area contributed by atoms with Crippen molar-refractivity contribution >= 4 is 5.91 Å². The van der Waals surface area contributed by atoms with Crippen LogP contribution in [0.2, 0.25) is 0 Å². The minimum absolute atomic E-state index is 0.0751. The second-order valence-electron chi connectivity index (χ2n) is 6.15. The van der Waals surface area contributed by atoms with Gasteiger partial charge in [0.2, 0.25) is 5.91 Å². The van der Waals surface area contributed by atoms with Crippen molar-refractivity contribution in [1.82, 2.24) is 4.90 Å². The molecule has 1 unspecified atom stereocenters. The van der Waals surface area contributed by atoms with Crippen LogP contribution in [-0.4, -0.2) is 24.4 Å². The molecular formula is C17H27NO. The maximum Gasteiger partial charge on any atom is 0.226 e. The van der Waals surface area contributed by atoms with Gasteiger partial charge in [-0.1, -0.05) is 58.0 Å². The van der Waals surface area contributed by atoms with Gasteiger partial charge in [-0.05, 0) is 23.8 Å². The summed E-state index contributed by atoms with van der Waals surface area (Å²) < 4.78 is 0. The third-order valence-electron chi connectivity index (χ3n) is 3.44. The third kappa shape index (κ3) is 5.06. The Bertz CT molecular complexity index is 384. The van der Waals surface area contributed by atoms with Gasteiger partial charge in [-0.25, -0.2) is 0 Å². The summed E-state index contributed by atoms with van der Waals surface area (Å²) in [5, 5.41) is 0. The number of rotatable bonds is 6. The van der Waals surface area contributed by atoms with Crippen molar-refractivity contribution in [3.63, 3.8) is 0 Å². The van der Waals surface area contributed by atoms with E-state index >= 15 is 0 Å². The van der Waals surface area contributed by atoms with Crippen LogP contribution in [0.15, 0.2) is 30.3 Å². The van der Waals surface area contributed by atoms with Gasteiger partial charge in [0.15, 0.2) is 0 Å². The molecule has 0 spiro atoms. The standard InChI is InChI=1S/C17H27NO/c1-13(2)12-18(5)17(19)16(14(3)4)11-15-9-7-6-8-10-15/h6-10,13-14,16H,11-12H2,1-5H3. The van der Waals surface area contributed by atoms with Gasteiger partial charge in [-0.3, -0.25) is 4.79 Å². The molecule has 0 saturated heterocycles. The quantitative estimate of drug-likeness (QED) is 0.766. The summed E-state index contributed by atoms with van der Waals surface area (Å²) in [4.78, 5) is 14.4. The molecule has 0 saturated carbocycles. The summed E-state index contributed by atoms with van der Waals surface area (Å²) in [7, 11) is 1.92. The molecule has 106 valence electrons. The van der Waals surface area contributed by atoms with Crippen LogP contribution in [0.3, 0.4) is 0 Å². The van der Waals surface area contributed by atoms with E-state index in [0.29, 0.717) is 11.8 Å². The monoisotopic (exact) mass is 261 g/mol. The first-order valence-corrected chi connectivity index (χ1v) is 7.20. The Labute approximate surface area is 117 Å². The van der Waals surface area contributed by atoms with Crippen molar-refractivity contribution in [2.45, 2.75) is 34.1 Å². The molecule has 0 fully saturated rings. The summed E-state index contributed by atoms with van der Waals surface area (Å²) >= 11 is 0. The molecule has 0 aliphatic heterocycles. The van der Waals surface area contributed by atoms with Crippen molar-refractivity contribution in [3.05, 3.63) is 35.9 Å². The largest absolute Gasteiger partial charge is 0.345 e. The lowest BCUT2D eigenvalue weighted by molar-refractivity contribution is -0.136. The molecular weight excluding hydrogens is 234 g/mol. The highest BCUT2D eigenvalue weighted by Crippen LogP contribution is 2.20. The molecule has 0 N–H and O–H groups in total. The maximum atomic E-state index is 12.6. The van der Waals surface area contributed by atoms with E-state index in [1.165, 1.54) is 5.56 Å². The number of nitrogens with zero attached hydrogens (tertiary/aromatic N) is 1. The fraction of sp³-hybridized carbons (Fsp3) is 0.588. The van der Waals surface area contributed by atoms with Gasteiger partial charge >= 0.3 is 0 Å². The van der Waals surface area contributed by atoms with Crippen LogP contribution in [-0.2, 0) is 11.2 Å². The SMILES string of the molecule is CC(C)CN(C)C(=O)C(Cc1ccccc1)C(C)C. The fourth-order valence-electron chi connectivity index (χ4n) is 2.40. The van der Waals surface area contributed by atoms with Crippen molar-refractivity contribution in [3.8, 4) is 0 Å². The van der Waals surface area contributed by atoms with E-state index in [-0.39, 0.29) is 11.8 Å². The molecule has 1 amide bonds. The highest BCUT2D eigenvalue weighted by molar-refractivity contribution is 5.79. The van der Waals surface area contributed by atoms with Crippen LogP contribution in [0.25, 0.3) is 0 Å². The predicted molar refractivity (Wildman–Crippen MR) is 80.9 cm³/mol. The normalized spacial score (nSPS) is 12.8. The average molecular weight is 261 g/mol. The fourth-order valence-corrected chi connectivity index (χ4v) is 2.40. The van der Waals surface area contributed by atoms with Gasteiger partial charge < -0.3 is 4.90 Å². The van der Waals surface area contributed by atoms with E-state index in [0.717, 1.165) is 13.0 Å². The minimum atomic E-state index is 0.0751. The molecule has 2 nitrogen and oxygen atoms in total. The molecule has 0 aliphatic carbocycles. The van der Waals surface area contributed by atoms with Crippen molar-refractivity contribution in [2.24, 2.45) is 17.8 Å². The van der Waals surface area contributed by atoms with Crippen molar-refractivity contribution in [2.75, 3.05) is 13.6 Å². The molecule has 1 aromatic carbocycles. The zero-order chi connectivity index (χ0) is 14.4. The smallest absolute Gasteiger partial charge is 0.226 e. The number of hydrogen-bond acceptors (Lipinski definition) is 1. The Morgan fingerprint density at radius 2 is 1.68 bits per heavy atom. The molecule has 0 aromatic heterocycles. The van der Waals surface area contributed by atoms with Crippen LogP contribution in [0.5, 0.6) is 0 Å². The van der Waals surface area contributed by atoms with Gasteiger partial charge in [-0.2, -0.15) is 0 Å². The van der Waals surface area contributed by atoms with E-state index in [9.17, 15) is 4.79 Å². The highest BCUT2D eigenvalue weighted by atomic mass is 16.2. The number of hydrogen-bond donors (Lipinski definition) is 0. The highest BCUT2D eigenvalue weighted by Gasteiger charge is 2.25. The van der Waals surface area contributed by atoms with Gasteiger partial charge in [-0.15, -0.1) is 0 Å². The van der Waals surface area contributed by atoms with Crippen LogP contribution in [0, 0.1) is 17.8 Å². The number of carbonyl (C=O) groups is 1. The van der Waals surface area contributed by atoms with E-state index in [2.05, 4.69) is 39.8 Å². The number of amides is 1. The second-order valence-corrected chi connectivity index (χ2v) is 6.15. The zero-order valence-corrected chi connectivity index (χ0v) is 12.9. The molecule has 1 rings (SSSR count). The zero-order valence-electron chi connectivity index (χ0n) is 12.9. The Hall–Kier alpha value is -1.31. The van der Waals surface area contributed by atoms with Crippen LogP contribution in [0.1, 0.15) is 33.3 Å². The molecule has 1 aromatic rings. The van der Waals surface area contributed by atoms with Crippen LogP contribution < -0.4 is 0 Å². The molecule has 2 heteroatoms. The third-order valence-corrected chi connectivity index (χ3v) is 3.44. The maximum absolute atomic E-state index is 12.6. The second kappa shape index (κ2) is 7.32. The molecule has 0 radical (unpaired) electrons. The van der Waals surface area contributed by atoms with E-state index < -0.39 is 0 Å². The van der Waals surface area contributed by atoms with E-state index in [1.54, 1.807) is 0 Å². The van der Waals surface area contributed by atoms with Crippen LogP contribution in [0.4, 0.5) is 0 Å². The Morgan fingerprint density at radius 1 is 1.11 bits per heavy atom. The number of carbonyl (C=O) groups excluding carboxylic acids is 1. The van der Waals surface area contributed by atoms with Crippen molar-refractivity contribution < 1.29 is 4.79 Å². The van der Waals surface area contributed by atoms with E-state index in [1.807, 2.05) is 30.1 Å². The van der Waals surface area contributed by atoms with Gasteiger partial charge in [0.1, 0.15) is 0 Å². The summed E-state index contributed by atoms with van der Waals surface area (Å²) in [5.41, 5.74) is 1.24. The average Bonchev–Trinajstić information content (AvgIpc) is 2.35. The lowest BCUT2D eigenvalue weighted by Crippen LogP contribution is -2.38. The number of benzene rings is 1. The van der Waals surface area contributed by atoms with Gasteiger partial charge in [0.25, 0.3) is 0 Å². The topological polar surface area (TPSA) is 20.3 Å². The Kier molecular flexibility index (Phi) is 6.07. The van der Waals surface area contributed by atoms with Gasteiger partial charge in [0, 0.05) is 19.5 Å². The first kappa shape index (κ1) is 15.7. The summed E-state index contributed by atoms with van der Waals surface area (Å²) in [6.45, 7) is 9.39. The Morgan fingerprint density at radius 3 is 2.16 bits per heavy atom. The first-order valence-electron chi connectivity index (χ1n) is 7.20. The molecule has 0 aliphatic rings. The Balaban J connectivity index is 2.75.